The first-order valence-electron chi connectivity index (χ1n) is 12.4. The SMILES string of the molecule is COc1cc(/C=N\NC(=O)c2cccc(Cl)c2)cc(Cl)c1OCCOc1ccc(C2CCCCC2)cc1. The van der Waals surface area contributed by atoms with E-state index in [0.29, 0.717) is 51.8 Å². The van der Waals surface area contributed by atoms with Crippen LogP contribution in [0.2, 0.25) is 10.0 Å². The van der Waals surface area contributed by atoms with Gasteiger partial charge in [-0.05, 0) is 72.4 Å². The lowest BCUT2D eigenvalue weighted by atomic mass is 9.84. The van der Waals surface area contributed by atoms with Crippen LogP contribution in [0.1, 0.15) is 59.5 Å². The van der Waals surface area contributed by atoms with Crippen molar-refractivity contribution in [2.24, 2.45) is 5.10 Å². The number of hydrogen-bond acceptors (Lipinski definition) is 5. The molecule has 1 aliphatic carbocycles. The van der Waals surface area contributed by atoms with Gasteiger partial charge in [-0.1, -0.05) is 60.7 Å². The number of methoxy groups -OCH3 is 1. The van der Waals surface area contributed by atoms with Crippen molar-refractivity contribution in [3.05, 3.63) is 87.4 Å². The molecule has 0 atom stereocenters. The van der Waals surface area contributed by atoms with Gasteiger partial charge in [-0.15, -0.1) is 0 Å². The zero-order chi connectivity index (χ0) is 26.0. The molecule has 0 bridgehead atoms. The standard InChI is InChI=1S/C29H30Cl2N2O4/c1-35-27-17-20(19-32-33-29(34)23-8-5-9-24(30)18-23)16-26(31)28(27)37-15-14-36-25-12-10-22(11-13-25)21-6-3-2-4-7-21/h5,8-13,16-19,21H,2-4,6-7,14-15H2,1H3,(H,33,34)/b32-19-. The van der Waals surface area contributed by atoms with Crippen LogP contribution in [-0.2, 0) is 0 Å². The van der Waals surface area contributed by atoms with E-state index in [9.17, 15) is 4.79 Å². The number of hydrazone groups is 1. The van der Waals surface area contributed by atoms with Crippen molar-refractivity contribution < 1.29 is 19.0 Å². The zero-order valence-corrected chi connectivity index (χ0v) is 22.2. The van der Waals surface area contributed by atoms with Gasteiger partial charge in [-0.3, -0.25) is 4.79 Å². The molecule has 37 heavy (non-hydrogen) atoms. The third-order valence-electron chi connectivity index (χ3n) is 6.27. The van der Waals surface area contributed by atoms with Crippen molar-refractivity contribution >= 4 is 35.3 Å². The number of nitrogens with one attached hydrogen (secondary N) is 1. The molecule has 194 valence electrons. The van der Waals surface area contributed by atoms with Crippen molar-refractivity contribution in [3.63, 3.8) is 0 Å². The second kappa shape index (κ2) is 13.4. The summed E-state index contributed by atoms with van der Waals surface area (Å²) in [7, 11) is 1.53. The summed E-state index contributed by atoms with van der Waals surface area (Å²) in [6.07, 6.45) is 8.02. The van der Waals surface area contributed by atoms with Crippen LogP contribution < -0.4 is 19.6 Å². The molecule has 1 amide bonds. The molecule has 0 heterocycles. The highest BCUT2D eigenvalue weighted by atomic mass is 35.5. The van der Waals surface area contributed by atoms with Gasteiger partial charge < -0.3 is 14.2 Å². The van der Waals surface area contributed by atoms with Crippen molar-refractivity contribution in [2.45, 2.75) is 38.0 Å². The Bertz CT molecular complexity index is 1230. The fraction of sp³-hybridized carbons (Fsp3) is 0.310. The minimum atomic E-state index is -0.375. The van der Waals surface area contributed by atoms with Crippen LogP contribution >= 0.6 is 23.2 Å². The molecule has 0 unspecified atom stereocenters. The second-order valence-electron chi connectivity index (χ2n) is 8.84. The Hall–Kier alpha value is -3.22. The van der Waals surface area contributed by atoms with Gasteiger partial charge in [0.25, 0.3) is 5.91 Å². The molecule has 0 aliphatic heterocycles. The summed E-state index contributed by atoms with van der Waals surface area (Å²) in [5.41, 5.74) is 4.90. The van der Waals surface area contributed by atoms with Gasteiger partial charge in [-0.25, -0.2) is 5.43 Å². The van der Waals surface area contributed by atoms with Crippen molar-refractivity contribution in [3.8, 4) is 17.2 Å². The summed E-state index contributed by atoms with van der Waals surface area (Å²) in [5.74, 6) is 1.98. The fourth-order valence-electron chi connectivity index (χ4n) is 4.39. The topological polar surface area (TPSA) is 69.2 Å². The minimum absolute atomic E-state index is 0.295. The Morgan fingerprint density at radius 3 is 2.49 bits per heavy atom. The third-order valence-corrected chi connectivity index (χ3v) is 6.79. The molecular formula is C29H30Cl2N2O4. The molecule has 8 heteroatoms. The maximum atomic E-state index is 12.2. The fourth-order valence-corrected chi connectivity index (χ4v) is 4.85. The molecule has 0 saturated heterocycles. The Balaban J connectivity index is 1.28. The van der Waals surface area contributed by atoms with E-state index >= 15 is 0 Å². The molecule has 1 N–H and O–H groups in total. The molecule has 1 fully saturated rings. The highest BCUT2D eigenvalue weighted by Crippen LogP contribution is 2.36. The number of ether oxygens (including phenoxy) is 3. The first-order chi connectivity index (χ1) is 18.0. The quantitative estimate of drug-likeness (QED) is 0.167. The highest BCUT2D eigenvalue weighted by Gasteiger charge is 2.15. The monoisotopic (exact) mass is 540 g/mol. The van der Waals surface area contributed by atoms with Crippen LogP contribution in [0, 0.1) is 0 Å². The molecule has 0 spiro atoms. The predicted octanol–water partition coefficient (Wildman–Crippen LogP) is 7.27. The van der Waals surface area contributed by atoms with Crippen LogP contribution in [0.3, 0.4) is 0 Å². The normalized spacial score (nSPS) is 13.9. The second-order valence-corrected chi connectivity index (χ2v) is 9.69. The lowest BCUT2D eigenvalue weighted by molar-refractivity contribution is 0.0955. The maximum absolute atomic E-state index is 12.2. The number of rotatable bonds is 10. The molecule has 3 aromatic rings. The van der Waals surface area contributed by atoms with Gasteiger partial charge in [0.1, 0.15) is 19.0 Å². The van der Waals surface area contributed by atoms with E-state index in [1.54, 1.807) is 36.4 Å². The van der Waals surface area contributed by atoms with Gasteiger partial charge in [0, 0.05) is 10.6 Å². The first kappa shape index (κ1) is 26.8. The van der Waals surface area contributed by atoms with Crippen LogP contribution in [0.5, 0.6) is 17.2 Å². The molecule has 0 aromatic heterocycles. The van der Waals surface area contributed by atoms with E-state index in [1.165, 1.54) is 51.0 Å². The van der Waals surface area contributed by atoms with Crippen LogP contribution in [0.25, 0.3) is 0 Å². The van der Waals surface area contributed by atoms with E-state index in [4.69, 9.17) is 37.4 Å². The van der Waals surface area contributed by atoms with Crippen molar-refractivity contribution in [1.82, 2.24) is 5.43 Å². The van der Waals surface area contributed by atoms with Crippen LogP contribution in [0.15, 0.2) is 65.8 Å². The van der Waals surface area contributed by atoms with Crippen molar-refractivity contribution in [2.75, 3.05) is 20.3 Å². The number of benzene rings is 3. The number of nitrogens with zero attached hydrogens (tertiary/aromatic N) is 1. The van der Waals surface area contributed by atoms with Crippen LogP contribution in [-0.4, -0.2) is 32.4 Å². The van der Waals surface area contributed by atoms with Gasteiger partial charge in [0.05, 0.1) is 18.3 Å². The molecule has 3 aromatic carbocycles. The predicted molar refractivity (Wildman–Crippen MR) is 148 cm³/mol. The Morgan fingerprint density at radius 2 is 1.76 bits per heavy atom. The number of halogens is 2. The largest absolute Gasteiger partial charge is 0.493 e. The molecule has 1 saturated carbocycles. The summed E-state index contributed by atoms with van der Waals surface area (Å²) in [4.78, 5) is 12.2. The zero-order valence-electron chi connectivity index (χ0n) is 20.7. The highest BCUT2D eigenvalue weighted by molar-refractivity contribution is 6.32. The van der Waals surface area contributed by atoms with Gasteiger partial charge in [-0.2, -0.15) is 5.10 Å². The Morgan fingerprint density at radius 1 is 1.00 bits per heavy atom. The lowest BCUT2D eigenvalue weighted by Gasteiger charge is -2.22. The summed E-state index contributed by atoms with van der Waals surface area (Å²) < 4.78 is 17.2. The van der Waals surface area contributed by atoms with E-state index < -0.39 is 0 Å². The molecule has 0 radical (unpaired) electrons. The molecule has 6 nitrogen and oxygen atoms in total. The average molecular weight is 541 g/mol. The molecule has 1 aliphatic rings. The van der Waals surface area contributed by atoms with Gasteiger partial charge in [0.2, 0.25) is 0 Å². The maximum Gasteiger partial charge on any atom is 0.271 e. The number of amides is 1. The number of hydrogen-bond donors (Lipinski definition) is 1. The van der Waals surface area contributed by atoms with E-state index in [2.05, 4.69) is 22.7 Å². The van der Waals surface area contributed by atoms with E-state index in [0.717, 1.165) is 5.75 Å². The van der Waals surface area contributed by atoms with E-state index in [-0.39, 0.29) is 5.91 Å². The third kappa shape index (κ3) is 7.63. The van der Waals surface area contributed by atoms with Crippen LogP contribution in [0.4, 0.5) is 0 Å². The molecular weight excluding hydrogens is 511 g/mol. The number of carbonyl (C=O) groups is 1. The smallest absolute Gasteiger partial charge is 0.271 e. The lowest BCUT2D eigenvalue weighted by Crippen LogP contribution is -2.17. The van der Waals surface area contributed by atoms with E-state index in [1.807, 2.05) is 12.1 Å². The number of carbonyl (C=O) groups excluding carboxylic acids is 1. The minimum Gasteiger partial charge on any atom is -0.493 e. The summed E-state index contributed by atoms with van der Waals surface area (Å²) >= 11 is 12.4. The Kier molecular flexibility index (Phi) is 9.69. The summed E-state index contributed by atoms with van der Waals surface area (Å²) in [6.45, 7) is 0.657. The van der Waals surface area contributed by atoms with Gasteiger partial charge in [0.15, 0.2) is 11.5 Å². The van der Waals surface area contributed by atoms with Crippen molar-refractivity contribution in [1.29, 1.82) is 0 Å². The summed E-state index contributed by atoms with van der Waals surface area (Å²) in [5, 5.41) is 4.83. The Labute approximate surface area is 227 Å². The van der Waals surface area contributed by atoms with Gasteiger partial charge >= 0.3 is 0 Å². The summed E-state index contributed by atoms with van der Waals surface area (Å²) in [6, 6.07) is 18.4. The average Bonchev–Trinajstić information content (AvgIpc) is 2.92. The molecule has 4 rings (SSSR count). The first-order valence-corrected chi connectivity index (χ1v) is 13.1.